The molecule has 6 nitrogen and oxygen atoms in total. The lowest BCUT2D eigenvalue weighted by atomic mass is 9.76. The Morgan fingerprint density at radius 2 is 2.10 bits per heavy atom. The number of tetrazole rings is 1. The molecule has 1 saturated carbocycles. The van der Waals surface area contributed by atoms with E-state index in [0.717, 1.165) is 17.2 Å². The van der Waals surface area contributed by atoms with Gasteiger partial charge in [0.05, 0.1) is 5.56 Å². The van der Waals surface area contributed by atoms with Gasteiger partial charge in [0.2, 0.25) is 0 Å². The number of benzene rings is 1. The van der Waals surface area contributed by atoms with Gasteiger partial charge in [0.1, 0.15) is 11.6 Å². The lowest BCUT2D eigenvalue weighted by Crippen LogP contribution is -2.48. The summed E-state index contributed by atoms with van der Waals surface area (Å²) in [6, 6.07) is 2.98. The van der Waals surface area contributed by atoms with Gasteiger partial charge in [0.25, 0.3) is 0 Å². The average molecular weight is 280 g/mol. The average Bonchev–Trinajstić information content (AvgIpc) is 2.76. The van der Waals surface area contributed by atoms with E-state index in [2.05, 4.69) is 15.5 Å². The summed E-state index contributed by atoms with van der Waals surface area (Å²) >= 11 is 0. The van der Waals surface area contributed by atoms with E-state index < -0.39 is 23.1 Å². The van der Waals surface area contributed by atoms with E-state index >= 15 is 0 Å². The fraction of sp³-hybridized carbons (Fsp3) is 0.333. The highest BCUT2D eigenvalue weighted by Crippen LogP contribution is 2.41. The van der Waals surface area contributed by atoms with Crippen LogP contribution in [0.15, 0.2) is 18.2 Å². The molecule has 1 N–H and O–H groups in total. The van der Waals surface area contributed by atoms with Gasteiger partial charge in [-0.3, -0.25) is 0 Å². The quantitative estimate of drug-likeness (QED) is 0.923. The van der Waals surface area contributed by atoms with Gasteiger partial charge in [0, 0.05) is 6.07 Å². The number of aromatic nitrogens is 4. The maximum atomic E-state index is 13.8. The van der Waals surface area contributed by atoms with Crippen LogP contribution >= 0.6 is 0 Å². The highest BCUT2D eigenvalue weighted by Gasteiger charge is 2.49. The summed E-state index contributed by atoms with van der Waals surface area (Å²) < 4.78 is 27.9. The van der Waals surface area contributed by atoms with Gasteiger partial charge < -0.3 is 5.11 Å². The van der Waals surface area contributed by atoms with Crippen molar-refractivity contribution in [3.63, 3.8) is 0 Å². The summed E-state index contributed by atoms with van der Waals surface area (Å²) in [6.07, 6.45) is 1.49. The fourth-order valence-electron chi connectivity index (χ4n) is 2.34. The smallest absolute Gasteiger partial charge is 0.331 e. The summed E-state index contributed by atoms with van der Waals surface area (Å²) in [5.41, 5.74) is -1.26. The second kappa shape index (κ2) is 4.32. The van der Waals surface area contributed by atoms with Gasteiger partial charge in [-0.05, 0) is 41.8 Å². The molecule has 2 aromatic rings. The maximum absolute atomic E-state index is 13.8. The fourth-order valence-corrected chi connectivity index (χ4v) is 2.34. The van der Waals surface area contributed by atoms with E-state index in [4.69, 9.17) is 0 Å². The standard InChI is InChI=1S/C12H10F2N4O2/c13-7-2-3-8(9(14)6-7)10-15-16-17-18(10)12(11(19)20)4-1-5-12/h2-3,6H,1,4-5H2,(H,19,20). The first-order valence-corrected chi connectivity index (χ1v) is 6.02. The van der Waals surface area contributed by atoms with Crippen LogP contribution in [0.1, 0.15) is 19.3 Å². The number of nitrogens with zero attached hydrogens (tertiary/aromatic N) is 4. The van der Waals surface area contributed by atoms with E-state index in [1.54, 1.807) is 0 Å². The third-order valence-corrected chi connectivity index (χ3v) is 3.63. The monoisotopic (exact) mass is 280 g/mol. The van der Waals surface area contributed by atoms with Gasteiger partial charge in [-0.25, -0.2) is 18.3 Å². The molecule has 1 aromatic carbocycles. The lowest BCUT2D eigenvalue weighted by molar-refractivity contribution is -0.153. The number of hydrogen-bond acceptors (Lipinski definition) is 4. The van der Waals surface area contributed by atoms with Crippen molar-refractivity contribution >= 4 is 5.97 Å². The van der Waals surface area contributed by atoms with E-state index in [-0.39, 0.29) is 11.4 Å². The van der Waals surface area contributed by atoms with E-state index in [1.165, 1.54) is 6.07 Å². The summed E-state index contributed by atoms with van der Waals surface area (Å²) in [5, 5.41) is 20.2. The van der Waals surface area contributed by atoms with Gasteiger partial charge in [-0.15, -0.1) is 5.10 Å². The number of carbonyl (C=O) groups is 1. The minimum Gasteiger partial charge on any atom is -0.479 e. The van der Waals surface area contributed by atoms with Crippen molar-refractivity contribution in [1.29, 1.82) is 0 Å². The Bertz CT molecular complexity index is 682. The lowest BCUT2D eigenvalue weighted by Gasteiger charge is -2.37. The Labute approximate surface area is 112 Å². The molecule has 1 aliphatic rings. The number of halogens is 2. The van der Waals surface area contributed by atoms with Gasteiger partial charge in [-0.1, -0.05) is 0 Å². The Hall–Kier alpha value is -2.38. The predicted octanol–water partition coefficient (Wildman–Crippen LogP) is 1.58. The number of rotatable bonds is 3. The van der Waals surface area contributed by atoms with Crippen LogP contribution in [0.4, 0.5) is 8.78 Å². The molecule has 3 rings (SSSR count). The topological polar surface area (TPSA) is 80.9 Å². The predicted molar refractivity (Wildman–Crippen MR) is 62.6 cm³/mol. The Kier molecular flexibility index (Phi) is 2.73. The minimum absolute atomic E-state index is 0.00963. The van der Waals surface area contributed by atoms with E-state index in [1.807, 2.05) is 0 Å². The molecule has 0 unspecified atom stereocenters. The van der Waals surface area contributed by atoms with E-state index in [9.17, 15) is 18.7 Å². The second-order valence-electron chi connectivity index (χ2n) is 4.73. The summed E-state index contributed by atoms with van der Waals surface area (Å²) in [7, 11) is 0. The van der Waals surface area contributed by atoms with Crippen LogP contribution in [0.25, 0.3) is 11.4 Å². The van der Waals surface area contributed by atoms with Crippen molar-refractivity contribution in [2.75, 3.05) is 0 Å². The Morgan fingerprint density at radius 1 is 1.35 bits per heavy atom. The minimum atomic E-state index is -1.24. The van der Waals surface area contributed by atoms with Crippen LogP contribution in [0.2, 0.25) is 0 Å². The van der Waals surface area contributed by atoms with Crippen LogP contribution in [-0.2, 0) is 10.3 Å². The van der Waals surface area contributed by atoms with Gasteiger partial charge >= 0.3 is 5.97 Å². The van der Waals surface area contributed by atoms with Crippen molar-refractivity contribution in [2.45, 2.75) is 24.8 Å². The molecule has 8 heteroatoms. The molecule has 0 spiro atoms. The van der Waals surface area contributed by atoms with Crippen molar-refractivity contribution in [3.05, 3.63) is 29.8 Å². The van der Waals surface area contributed by atoms with Crippen LogP contribution in [0.5, 0.6) is 0 Å². The SMILES string of the molecule is O=C(O)C1(n2nnnc2-c2ccc(F)cc2F)CCC1. The maximum Gasteiger partial charge on any atom is 0.331 e. The van der Waals surface area contributed by atoms with Gasteiger partial charge in [0.15, 0.2) is 11.4 Å². The highest BCUT2D eigenvalue weighted by atomic mass is 19.1. The summed E-state index contributed by atoms with van der Waals surface area (Å²) in [6.45, 7) is 0. The van der Waals surface area contributed by atoms with Crippen molar-refractivity contribution in [1.82, 2.24) is 20.2 Å². The largest absolute Gasteiger partial charge is 0.479 e. The molecule has 104 valence electrons. The molecule has 0 saturated heterocycles. The first-order valence-electron chi connectivity index (χ1n) is 6.02. The Balaban J connectivity index is 2.13. The molecule has 0 atom stereocenters. The van der Waals surface area contributed by atoms with Crippen LogP contribution in [-0.4, -0.2) is 31.3 Å². The number of hydrogen-bond donors (Lipinski definition) is 1. The summed E-state index contributed by atoms with van der Waals surface area (Å²) in [4.78, 5) is 11.5. The zero-order valence-electron chi connectivity index (χ0n) is 10.3. The molecule has 0 radical (unpaired) electrons. The second-order valence-corrected chi connectivity index (χ2v) is 4.73. The van der Waals surface area contributed by atoms with Crippen molar-refractivity contribution in [2.24, 2.45) is 0 Å². The molecule has 1 aliphatic carbocycles. The molecular weight excluding hydrogens is 270 g/mol. The molecule has 0 aliphatic heterocycles. The van der Waals surface area contributed by atoms with Crippen molar-refractivity contribution in [3.8, 4) is 11.4 Å². The van der Waals surface area contributed by atoms with E-state index in [0.29, 0.717) is 18.9 Å². The Morgan fingerprint density at radius 3 is 2.65 bits per heavy atom. The van der Waals surface area contributed by atoms with Crippen LogP contribution in [0, 0.1) is 11.6 Å². The normalized spacial score (nSPS) is 16.7. The van der Waals surface area contributed by atoms with Crippen LogP contribution in [0.3, 0.4) is 0 Å². The molecule has 1 heterocycles. The van der Waals surface area contributed by atoms with Gasteiger partial charge in [-0.2, -0.15) is 0 Å². The van der Waals surface area contributed by atoms with Crippen molar-refractivity contribution < 1.29 is 18.7 Å². The zero-order valence-corrected chi connectivity index (χ0v) is 10.3. The molecule has 0 amide bonds. The third kappa shape index (κ3) is 1.68. The number of carboxylic acids is 1. The highest BCUT2D eigenvalue weighted by molar-refractivity contribution is 5.78. The molecular formula is C12H10F2N4O2. The zero-order chi connectivity index (χ0) is 14.3. The van der Waals surface area contributed by atoms with Crippen LogP contribution < -0.4 is 0 Å². The first kappa shape index (κ1) is 12.6. The first-order chi connectivity index (χ1) is 9.54. The molecule has 1 aromatic heterocycles. The third-order valence-electron chi connectivity index (χ3n) is 3.63. The number of carboxylic acid groups (broad SMARTS) is 1. The summed E-state index contributed by atoms with van der Waals surface area (Å²) in [5.74, 6) is -2.62. The number of aliphatic carboxylic acids is 1. The molecule has 0 bridgehead atoms. The molecule has 1 fully saturated rings. The molecule has 20 heavy (non-hydrogen) atoms.